The Morgan fingerprint density at radius 3 is 2.21 bits per heavy atom. The highest BCUT2D eigenvalue weighted by Crippen LogP contribution is 2.16. The number of carbonyl (C=O) groups excluding carboxylic acids is 1. The number of aliphatic hydroxyl groups excluding tert-OH is 1. The fourth-order valence-corrected chi connectivity index (χ4v) is 2.56. The predicted molar refractivity (Wildman–Crippen MR) is 78.4 cm³/mol. The monoisotopic (exact) mass is 263 g/mol. The van der Waals surface area contributed by atoms with E-state index in [1.165, 1.54) is 5.56 Å². The van der Waals surface area contributed by atoms with Crippen molar-refractivity contribution in [3.8, 4) is 0 Å². The molecule has 2 unspecified atom stereocenters. The Balaban J connectivity index is 2.69. The molecule has 0 fully saturated rings. The summed E-state index contributed by atoms with van der Waals surface area (Å²) in [5.74, 6) is 0.252. The van der Waals surface area contributed by atoms with E-state index < -0.39 is 0 Å². The van der Waals surface area contributed by atoms with Crippen LogP contribution in [0.15, 0.2) is 12.1 Å². The standard InChI is InChI=1S/C16H25NO2/c1-10-6-12(3)15(13(4)7-10)16(19)17-9-11(2)8-14(5)18/h6-7,11,14,18H,8-9H2,1-5H3,(H,17,19). The second kappa shape index (κ2) is 6.71. The summed E-state index contributed by atoms with van der Waals surface area (Å²) in [7, 11) is 0. The molecule has 0 radical (unpaired) electrons. The lowest BCUT2D eigenvalue weighted by Gasteiger charge is -2.16. The molecule has 1 rings (SSSR count). The van der Waals surface area contributed by atoms with Crippen LogP contribution in [0.2, 0.25) is 0 Å². The van der Waals surface area contributed by atoms with E-state index in [1.807, 2.05) is 39.8 Å². The van der Waals surface area contributed by atoms with Gasteiger partial charge in [-0.15, -0.1) is 0 Å². The van der Waals surface area contributed by atoms with Crippen LogP contribution in [0.1, 0.15) is 47.3 Å². The lowest BCUT2D eigenvalue weighted by atomic mass is 9.98. The normalized spacial score (nSPS) is 14.0. The fourth-order valence-electron chi connectivity index (χ4n) is 2.56. The summed E-state index contributed by atoms with van der Waals surface area (Å²) in [6.45, 7) is 10.4. The molecule has 3 nitrogen and oxygen atoms in total. The minimum absolute atomic E-state index is 0.0209. The molecule has 2 N–H and O–H groups in total. The van der Waals surface area contributed by atoms with Crippen molar-refractivity contribution in [1.82, 2.24) is 5.32 Å². The largest absolute Gasteiger partial charge is 0.393 e. The summed E-state index contributed by atoms with van der Waals surface area (Å²) in [5.41, 5.74) is 3.97. The Hall–Kier alpha value is -1.35. The lowest BCUT2D eigenvalue weighted by Crippen LogP contribution is -2.30. The summed E-state index contributed by atoms with van der Waals surface area (Å²) < 4.78 is 0. The highest BCUT2D eigenvalue weighted by atomic mass is 16.3. The van der Waals surface area contributed by atoms with Gasteiger partial charge in [-0.2, -0.15) is 0 Å². The molecule has 3 heteroatoms. The highest BCUT2D eigenvalue weighted by Gasteiger charge is 2.14. The summed E-state index contributed by atoms with van der Waals surface area (Å²) >= 11 is 0. The van der Waals surface area contributed by atoms with Crippen molar-refractivity contribution in [1.29, 1.82) is 0 Å². The summed E-state index contributed by atoms with van der Waals surface area (Å²) in [6, 6.07) is 4.06. The molecule has 0 saturated heterocycles. The molecule has 0 bridgehead atoms. The molecule has 1 aromatic carbocycles. The third kappa shape index (κ3) is 4.67. The average Bonchev–Trinajstić information content (AvgIpc) is 2.23. The van der Waals surface area contributed by atoms with E-state index in [0.29, 0.717) is 13.0 Å². The first kappa shape index (κ1) is 15.7. The number of amides is 1. The smallest absolute Gasteiger partial charge is 0.251 e. The maximum atomic E-state index is 12.2. The van der Waals surface area contributed by atoms with Gasteiger partial charge >= 0.3 is 0 Å². The second-order valence-electron chi connectivity index (χ2n) is 5.67. The minimum atomic E-state index is -0.324. The number of carbonyl (C=O) groups is 1. The van der Waals surface area contributed by atoms with Gasteiger partial charge in [0.15, 0.2) is 0 Å². The molecule has 1 amide bonds. The van der Waals surface area contributed by atoms with Crippen molar-refractivity contribution in [2.45, 2.75) is 47.1 Å². The molecule has 19 heavy (non-hydrogen) atoms. The van der Waals surface area contributed by atoms with E-state index in [9.17, 15) is 9.90 Å². The third-order valence-electron chi connectivity index (χ3n) is 3.26. The zero-order chi connectivity index (χ0) is 14.6. The fraction of sp³-hybridized carbons (Fsp3) is 0.562. The molecule has 0 saturated carbocycles. The lowest BCUT2D eigenvalue weighted by molar-refractivity contribution is 0.0938. The first-order chi connectivity index (χ1) is 8.81. The quantitative estimate of drug-likeness (QED) is 0.858. The molecule has 0 heterocycles. The van der Waals surface area contributed by atoms with Crippen molar-refractivity contribution >= 4 is 5.91 Å². The average molecular weight is 263 g/mol. The van der Waals surface area contributed by atoms with Crippen molar-refractivity contribution in [3.05, 3.63) is 34.4 Å². The zero-order valence-electron chi connectivity index (χ0n) is 12.6. The van der Waals surface area contributed by atoms with Gasteiger partial charge in [-0.1, -0.05) is 24.6 Å². The van der Waals surface area contributed by atoms with E-state index >= 15 is 0 Å². The molecule has 0 aliphatic carbocycles. The predicted octanol–water partition coefficient (Wildman–Crippen LogP) is 2.75. The van der Waals surface area contributed by atoms with Gasteiger partial charge in [-0.3, -0.25) is 4.79 Å². The van der Waals surface area contributed by atoms with E-state index in [0.717, 1.165) is 16.7 Å². The maximum Gasteiger partial charge on any atom is 0.251 e. The highest BCUT2D eigenvalue weighted by molar-refractivity contribution is 5.97. The molecule has 0 aliphatic heterocycles. The number of hydrogen-bond donors (Lipinski definition) is 2. The summed E-state index contributed by atoms with van der Waals surface area (Å²) in [4.78, 5) is 12.2. The SMILES string of the molecule is Cc1cc(C)c(C(=O)NCC(C)CC(C)O)c(C)c1. The van der Waals surface area contributed by atoms with Crippen molar-refractivity contribution in [2.24, 2.45) is 5.92 Å². The van der Waals surface area contributed by atoms with Crippen LogP contribution in [0, 0.1) is 26.7 Å². The Morgan fingerprint density at radius 1 is 1.21 bits per heavy atom. The van der Waals surface area contributed by atoms with Crippen LogP contribution in [0.25, 0.3) is 0 Å². The first-order valence-electron chi connectivity index (χ1n) is 6.85. The van der Waals surface area contributed by atoms with Crippen LogP contribution in [0.4, 0.5) is 0 Å². The number of hydrogen-bond acceptors (Lipinski definition) is 2. The molecule has 1 aromatic rings. The first-order valence-corrected chi connectivity index (χ1v) is 6.85. The molecule has 106 valence electrons. The topological polar surface area (TPSA) is 49.3 Å². The van der Waals surface area contributed by atoms with Gasteiger partial charge in [0.05, 0.1) is 6.10 Å². The van der Waals surface area contributed by atoms with Crippen LogP contribution in [-0.4, -0.2) is 23.7 Å². The van der Waals surface area contributed by atoms with Crippen LogP contribution in [-0.2, 0) is 0 Å². The Bertz CT molecular complexity index is 429. The number of aliphatic hydroxyl groups is 1. The Kier molecular flexibility index (Phi) is 5.55. The van der Waals surface area contributed by atoms with E-state index in [-0.39, 0.29) is 17.9 Å². The van der Waals surface area contributed by atoms with E-state index in [2.05, 4.69) is 5.32 Å². The van der Waals surface area contributed by atoms with Gasteiger partial charge in [-0.25, -0.2) is 0 Å². The Morgan fingerprint density at radius 2 is 1.74 bits per heavy atom. The van der Waals surface area contributed by atoms with Gasteiger partial charge in [0.1, 0.15) is 0 Å². The van der Waals surface area contributed by atoms with E-state index in [1.54, 1.807) is 6.92 Å². The van der Waals surface area contributed by atoms with Gasteiger partial charge < -0.3 is 10.4 Å². The van der Waals surface area contributed by atoms with Crippen molar-refractivity contribution < 1.29 is 9.90 Å². The maximum absolute atomic E-state index is 12.2. The molecule has 0 aliphatic rings. The van der Waals surface area contributed by atoms with Gasteiger partial charge in [-0.05, 0) is 51.2 Å². The van der Waals surface area contributed by atoms with Crippen LogP contribution in [0.5, 0.6) is 0 Å². The number of benzene rings is 1. The van der Waals surface area contributed by atoms with E-state index in [4.69, 9.17) is 0 Å². The number of nitrogens with one attached hydrogen (secondary N) is 1. The summed E-state index contributed by atoms with van der Waals surface area (Å²) in [5, 5.41) is 12.3. The van der Waals surface area contributed by atoms with Crippen LogP contribution in [0.3, 0.4) is 0 Å². The third-order valence-corrected chi connectivity index (χ3v) is 3.26. The van der Waals surface area contributed by atoms with Crippen molar-refractivity contribution in [3.63, 3.8) is 0 Å². The number of aryl methyl sites for hydroxylation is 3. The molecular weight excluding hydrogens is 238 g/mol. The van der Waals surface area contributed by atoms with Crippen LogP contribution >= 0.6 is 0 Å². The molecule has 0 spiro atoms. The van der Waals surface area contributed by atoms with Gasteiger partial charge in [0.2, 0.25) is 0 Å². The summed E-state index contributed by atoms with van der Waals surface area (Å²) in [6.07, 6.45) is 0.376. The minimum Gasteiger partial charge on any atom is -0.393 e. The van der Waals surface area contributed by atoms with Crippen LogP contribution < -0.4 is 5.32 Å². The molecule has 0 aromatic heterocycles. The van der Waals surface area contributed by atoms with Crippen molar-refractivity contribution in [2.75, 3.05) is 6.54 Å². The molecular formula is C16H25NO2. The van der Waals surface area contributed by atoms with Gasteiger partial charge in [0.25, 0.3) is 5.91 Å². The second-order valence-corrected chi connectivity index (χ2v) is 5.67. The zero-order valence-corrected chi connectivity index (χ0v) is 12.6. The molecule has 2 atom stereocenters. The Labute approximate surface area is 116 Å². The number of rotatable bonds is 5. The van der Waals surface area contributed by atoms with Gasteiger partial charge in [0, 0.05) is 12.1 Å².